The largest absolute Gasteiger partial charge is 0.508 e. The Labute approximate surface area is 129 Å². The van der Waals surface area contributed by atoms with Crippen LogP contribution in [0.5, 0.6) is 5.75 Å². The Hall–Kier alpha value is -2.44. The van der Waals surface area contributed by atoms with Gasteiger partial charge in [0.2, 0.25) is 0 Å². The Kier molecular flexibility index (Phi) is 5.46. The van der Waals surface area contributed by atoms with Crippen LogP contribution in [0.2, 0.25) is 0 Å². The molecule has 0 saturated carbocycles. The first-order chi connectivity index (χ1) is 10.6. The van der Waals surface area contributed by atoms with E-state index in [-0.39, 0.29) is 18.8 Å². The van der Waals surface area contributed by atoms with E-state index in [1.807, 2.05) is 24.3 Å². The van der Waals surface area contributed by atoms with E-state index in [1.165, 1.54) is 0 Å². The third-order valence-corrected chi connectivity index (χ3v) is 3.26. The minimum Gasteiger partial charge on any atom is -0.508 e. The Morgan fingerprint density at radius 1 is 1.09 bits per heavy atom. The van der Waals surface area contributed by atoms with Gasteiger partial charge in [-0.3, -0.25) is 0 Å². The minimum absolute atomic E-state index is 0.0847. The Bertz CT molecular complexity index is 599. The number of anilines is 3. The fourth-order valence-electron chi connectivity index (χ4n) is 2.08. The lowest BCUT2D eigenvalue weighted by Crippen LogP contribution is -2.19. The van der Waals surface area contributed by atoms with E-state index in [9.17, 15) is 10.2 Å². The maximum Gasteiger partial charge on any atom is 0.126 e. The van der Waals surface area contributed by atoms with E-state index in [0.717, 1.165) is 11.4 Å². The average Bonchev–Trinajstić information content (AvgIpc) is 2.47. The van der Waals surface area contributed by atoms with Crippen LogP contribution in [0.25, 0.3) is 0 Å². The first-order valence-electron chi connectivity index (χ1n) is 7.06. The lowest BCUT2D eigenvalue weighted by Gasteiger charge is -2.15. The van der Waals surface area contributed by atoms with Crippen LogP contribution < -0.4 is 16.4 Å². The molecule has 0 heterocycles. The second-order valence-corrected chi connectivity index (χ2v) is 4.95. The molecule has 0 fully saturated rings. The highest BCUT2D eigenvalue weighted by Gasteiger charge is 2.06. The highest BCUT2D eigenvalue weighted by molar-refractivity contribution is 5.59. The molecule has 0 aliphatic carbocycles. The molecule has 0 aliphatic heterocycles. The predicted molar refractivity (Wildman–Crippen MR) is 87.6 cm³/mol. The number of nitrogens with two attached hydrogens (primary N) is 1. The second-order valence-electron chi connectivity index (χ2n) is 4.95. The number of rotatable bonds is 7. The molecular formula is C16H21N3O3. The van der Waals surface area contributed by atoms with Crippen molar-refractivity contribution in [1.82, 2.24) is 0 Å². The van der Waals surface area contributed by atoms with Crippen LogP contribution in [-0.4, -0.2) is 28.2 Å². The summed E-state index contributed by atoms with van der Waals surface area (Å²) in [5.74, 6) is 0.153. The van der Waals surface area contributed by atoms with Crippen molar-refractivity contribution in [1.29, 1.82) is 0 Å². The molecule has 7 N–H and O–H groups in total. The van der Waals surface area contributed by atoms with Crippen LogP contribution in [-0.2, 0) is 6.54 Å². The number of aromatic hydroxyl groups is 1. The average molecular weight is 303 g/mol. The van der Waals surface area contributed by atoms with Crippen molar-refractivity contribution < 1.29 is 15.3 Å². The van der Waals surface area contributed by atoms with Crippen LogP contribution in [0.4, 0.5) is 17.1 Å². The molecule has 1 unspecified atom stereocenters. The number of aliphatic hydroxyl groups excluding tert-OH is 2. The summed E-state index contributed by atoms with van der Waals surface area (Å²) >= 11 is 0. The van der Waals surface area contributed by atoms with Gasteiger partial charge in [0.25, 0.3) is 0 Å². The fourth-order valence-corrected chi connectivity index (χ4v) is 2.08. The topological polar surface area (TPSA) is 111 Å². The number of hydrogen-bond acceptors (Lipinski definition) is 6. The summed E-state index contributed by atoms with van der Waals surface area (Å²) < 4.78 is 0. The number of phenols is 1. The zero-order valence-electron chi connectivity index (χ0n) is 12.2. The van der Waals surface area contributed by atoms with Crippen LogP contribution in [0.1, 0.15) is 12.0 Å². The van der Waals surface area contributed by atoms with E-state index in [0.29, 0.717) is 17.8 Å². The van der Waals surface area contributed by atoms with Crippen LogP contribution >= 0.6 is 0 Å². The van der Waals surface area contributed by atoms with Crippen LogP contribution in [0.15, 0.2) is 42.5 Å². The van der Waals surface area contributed by atoms with Gasteiger partial charge >= 0.3 is 0 Å². The zero-order valence-corrected chi connectivity index (χ0v) is 12.2. The number of phenolic OH excluding ortho intramolecular Hbond substituents is 1. The predicted octanol–water partition coefficient (Wildman–Crippen LogP) is 1.70. The van der Waals surface area contributed by atoms with Crippen molar-refractivity contribution in [3.05, 3.63) is 48.0 Å². The third-order valence-electron chi connectivity index (χ3n) is 3.26. The van der Waals surface area contributed by atoms with Gasteiger partial charge < -0.3 is 31.7 Å². The lowest BCUT2D eigenvalue weighted by atomic mass is 10.1. The molecule has 0 amide bonds. The Morgan fingerprint density at radius 2 is 1.82 bits per heavy atom. The number of nitrogen functional groups attached to an aromatic ring is 1. The molecular weight excluding hydrogens is 282 g/mol. The fraction of sp³-hybridized carbons (Fsp3) is 0.250. The van der Waals surface area contributed by atoms with Gasteiger partial charge in [0.1, 0.15) is 12.0 Å². The summed E-state index contributed by atoms with van der Waals surface area (Å²) in [6, 6.07) is 12.4. The molecule has 0 bridgehead atoms. The van der Waals surface area contributed by atoms with Crippen molar-refractivity contribution in [2.75, 3.05) is 23.0 Å². The summed E-state index contributed by atoms with van der Waals surface area (Å²) in [5.41, 5.74) is 8.57. The first kappa shape index (κ1) is 15.9. The Morgan fingerprint density at radius 3 is 2.55 bits per heavy atom. The standard InChI is InChI=1S/C16H21N3O3/c17-14-5-2-6-15(21)13(14)10-18-11-3-1-4-12(9-11)19-16(22)7-8-20/h1-6,9,16,18-22H,7-8,10,17H2. The molecule has 0 saturated heterocycles. The zero-order chi connectivity index (χ0) is 15.9. The highest BCUT2D eigenvalue weighted by Crippen LogP contribution is 2.24. The normalized spacial score (nSPS) is 11.9. The van der Waals surface area contributed by atoms with E-state index < -0.39 is 6.23 Å². The van der Waals surface area contributed by atoms with Gasteiger partial charge in [-0.25, -0.2) is 0 Å². The van der Waals surface area contributed by atoms with Gasteiger partial charge in [-0.05, 0) is 30.3 Å². The maximum absolute atomic E-state index is 9.81. The molecule has 0 radical (unpaired) electrons. The molecule has 2 aromatic carbocycles. The molecule has 6 heteroatoms. The summed E-state index contributed by atoms with van der Waals surface area (Å²) in [6.07, 6.45) is -0.541. The summed E-state index contributed by atoms with van der Waals surface area (Å²) in [7, 11) is 0. The van der Waals surface area contributed by atoms with Crippen molar-refractivity contribution >= 4 is 17.1 Å². The van der Waals surface area contributed by atoms with Crippen molar-refractivity contribution in [3.63, 3.8) is 0 Å². The van der Waals surface area contributed by atoms with Crippen LogP contribution in [0.3, 0.4) is 0 Å². The van der Waals surface area contributed by atoms with Gasteiger partial charge in [-0.15, -0.1) is 0 Å². The third kappa shape index (κ3) is 4.28. The Balaban J connectivity index is 2.01. The van der Waals surface area contributed by atoms with E-state index in [1.54, 1.807) is 18.2 Å². The van der Waals surface area contributed by atoms with Gasteiger partial charge in [-0.1, -0.05) is 12.1 Å². The molecule has 0 aromatic heterocycles. The van der Waals surface area contributed by atoms with Crippen molar-refractivity contribution in [2.45, 2.75) is 19.2 Å². The van der Waals surface area contributed by atoms with Gasteiger partial charge in [0, 0.05) is 42.2 Å². The quantitative estimate of drug-likeness (QED) is 0.343. The number of nitrogens with one attached hydrogen (secondary N) is 2. The number of hydrogen-bond donors (Lipinski definition) is 6. The van der Waals surface area contributed by atoms with Gasteiger partial charge in [0.05, 0.1) is 0 Å². The molecule has 22 heavy (non-hydrogen) atoms. The monoisotopic (exact) mass is 303 g/mol. The molecule has 1 atom stereocenters. The molecule has 6 nitrogen and oxygen atoms in total. The number of aliphatic hydroxyl groups is 2. The van der Waals surface area contributed by atoms with E-state index in [4.69, 9.17) is 10.8 Å². The summed E-state index contributed by atoms with van der Waals surface area (Å²) in [6.45, 7) is 0.305. The number of benzene rings is 2. The molecule has 2 rings (SSSR count). The van der Waals surface area contributed by atoms with E-state index in [2.05, 4.69) is 10.6 Å². The molecule has 0 spiro atoms. The molecule has 2 aromatic rings. The lowest BCUT2D eigenvalue weighted by molar-refractivity contribution is 0.155. The van der Waals surface area contributed by atoms with Gasteiger partial charge in [0.15, 0.2) is 0 Å². The summed E-state index contributed by atoms with van der Waals surface area (Å²) in [4.78, 5) is 0. The molecule has 118 valence electrons. The van der Waals surface area contributed by atoms with Crippen molar-refractivity contribution in [3.8, 4) is 5.75 Å². The SMILES string of the molecule is Nc1cccc(O)c1CNc1cccc(NC(O)CCO)c1. The second kappa shape index (κ2) is 7.53. The van der Waals surface area contributed by atoms with Crippen molar-refractivity contribution in [2.24, 2.45) is 0 Å². The summed E-state index contributed by atoms with van der Waals surface area (Å²) in [5, 5.41) is 34.3. The first-order valence-corrected chi connectivity index (χ1v) is 7.06. The maximum atomic E-state index is 9.81. The smallest absolute Gasteiger partial charge is 0.126 e. The minimum atomic E-state index is -0.797. The van der Waals surface area contributed by atoms with Crippen LogP contribution in [0, 0.1) is 0 Å². The van der Waals surface area contributed by atoms with E-state index >= 15 is 0 Å². The molecule has 0 aliphatic rings. The highest BCUT2D eigenvalue weighted by atomic mass is 16.3. The van der Waals surface area contributed by atoms with Gasteiger partial charge in [-0.2, -0.15) is 0 Å².